The van der Waals surface area contributed by atoms with Gasteiger partial charge in [0.15, 0.2) is 0 Å². The molecule has 1 N–H and O–H groups in total. The van der Waals surface area contributed by atoms with E-state index in [9.17, 15) is 9.18 Å². The zero-order valence-electron chi connectivity index (χ0n) is 13.5. The maximum absolute atomic E-state index is 13.8. The van der Waals surface area contributed by atoms with Gasteiger partial charge < -0.3 is 15.1 Å². The van der Waals surface area contributed by atoms with Crippen LogP contribution in [0.25, 0.3) is 0 Å². The fourth-order valence-electron chi connectivity index (χ4n) is 3.49. The van der Waals surface area contributed by atoms with Crippen molar-refractivity contribution >= 4 is 24.0 Å². The second kappa shape index (κ2) is 7.97. The van der Waals surface area contributed by atoms with Gasteiger partial charge in [-0.25, -0.2) is 4.39 Å². The number of amides is 1. The summed E-state index contributed by atoms with van der Waals surface area (Å²) < 4.78 is 13.8. The van der Waals surface area contributed by atoms with Gasteiger partial charge in [-0.05, 0) is 38.4 Å². The number of anilines is 1. The molecule has 2 aliphatic heterocycles. The molecule has 4 nitrogen and oxygen atoms in total. The number of hydrogen-bond acceptors (Lipinski definition) is 3. The third-order valence-electron chi connectivity index (χ3n) is 4.76. The number of hydrogen-bond donors (Lipinski definition) is 1. The molecule has 0 unspecified atom stereocenters. The van der Waals surface area contributed by atoms with Crippen LogP contribution in [0.1, 0.15) is 19.8 Å². The lowest BCUT2D eigenvalue weighted by molar-refractivity contribution is -0.137. The van der Waals surface area contributed by atoms with Crippen LogP contribution in [0.15, 0.2) is 24.3 Å². The van der Waals surface area contributed by atoms with E-state index >= 15 is 0 Å². The normalized spacial score (nSPS) is 25.0. The first kappa shape index (κ1) is 18.0. The van der Waals surface area contributed by atoms with Crippen molar-refractivity contribution in [3.8, 4) is 0 Å². The van der Waals surface area contributed by atoms with Crippen LogP contribution in [0.5, 0.6) is 0 Å². The van der Waals surface area contributed by atoms with Crippen molar-refractivity contribution in [2.45, 2.75) is 25.8 Å². The monoisotopic (exact) mass is 341 g/mol. The van der Waals surface area contributed by atoms with Gasteiger partial charge in [-0.2, -0.15) is 0 Å². The summed E-state index contributed by atoms with van der Waals surface area (Å²) in [5, 5.41) is 3.38. The van der Waals surface area contributed by atoms with Crippen LogP contribution in [-0.4, -0.2) is 49.6 Å². The molecule has 3 rings (SSSR count). The highest BCUT2D eigenvalue weighted by atomic mass is 35.5. The van der Waals surface area contributed by atoms with E-state index in [0.29, 0.717) is 37.9 Å². The predicted molar refractivity (Wildman–Crippen MR) is 92.6 cm³/mol. The fourth-order valence-corrected chi connectivity index (χ4v) is 3.49. The van der Waals surface area contributed by atoms with Gasteiger partial charge in [-0.1, -0.05) is 12.1 Å². The molecule has 6 heteroatoms. The Balaban J connectivity index is 0.00000192. The Morgan fingerprint density at radius 2 is 1.91 bits per heavy atom. The number of piperazine rings is 1. The van der Waals surface area contributed by atoms with Gasteiger partial charge in [0.1, 0.15) is 5.82 Å². The summed E-state index contributed by atoms with van der Waals surface area (Å²) in [5.41, 5.74) is 0.644. The summed E-state index contributed by atoms with van der Waals surface area (Å²) in [4.78, 5) is 16.6. The molecule has 2 heterocycles. The third-order valence-corrected chi connectivity index (χ3v) is 4.76. The standard InChI is InChI=1S/C17H24FN3O.ClH/c1-13-12-14(6-7-19-13)17(22)21-10-8-20(9-11-21)16-5-3-2-4-15(16)18;/h2-5,13-14,19H,6-12H2,1H3;1H/t13-,14-;/m0./s1. The van der Waals surface area contributed by atoms with Crippen LogP contribution < -0.4 is 10.2 Å². The predicted octanol–water partition coefficient (Wildman–Crippen LogP) is 2.28. The maximum atomic E-state index is 13.8. The summed E-state index contributed by atoms with van der Waals surface area (Å²) in [6, 6.07) is 7.27. The van der Waals surface area contributed by atoms with Crippen LogP contribution in [0.4, 0.5) is 10.1 Å². The number of benzene rings is 1. The topological polar surface area (TPSA) is 35.6 Å². The minimum absolute atomic E-state index is 0. The molecule has 0 radical (unpaired) electrons. The number of carbonyl (C=O) groups excluding carboxylic acids is 1. The highest BCUT2D eigenvalue weighted by molar-refractivity contribution is 5.85. The zero-order chi connectivity index (χ0) is 15.5. The number of nitrogens with one attached hydrogen (secondary N) is 1. The lowest BCUT2D eigenvalue weighted by Crippen LogP contribution is -2.52. The van der Waals surface area contributed by atoms with E-state index in [2.05, 4.69) is 12.2 Å². The molecular weight excluding hydrogens is 317 g/mol. The van der Waals surface area contributed by atoms with Crippen LogP contribution in [0.2, 0.25) is 0 Å². The number of nitrogens with zero attached hydrogens (tertiary/aromatic N) is 2. The highest BCUT2D eigenvalue weighted by Gasteiger charge is 2.30. The molecule has 1 aromatic rings. The van der Waals surface area contributed by atoms with Crippen LogP contribution in [0.3, 0.4) is 0 Å². The Hall–Kier alpha value is -1.33. The third kappa shape index (κ3) is 4.15. The quantitative estimate of drug-likeness (QED) is 0.896. The molecule has 2 aliphatic rings. The van der Waals surface area contributed by atoms with Gasteiger partial charge in [-0.15, -0.1) is 12.4 Å². The van der Waals surface area contributed by atoms with E-state index in [0.717, 1.165) is 19.4 Å². The van der Waals surface area contributed by atoms with Crippen molar-refractivity contribution in [2.75, 3.05) is 37.6 Å². The first-order valence-electron chi connectivity index (χ1n) is 8.17. The van der Waals surface area contributed by atoms with Gasteiger partial charge in [0.05, 0.1) is 5.69 Å². The highest BCUT2D eigenvalue weighted by Crippen LogP contribution is 2.23. The SMILES string of the molecule is C[C@H]1C[C@@H](C(=O)N2CCN(c3ccccc3F)CC2)CCN1.Cl. The Morgan fingerprint density at radius 3 is 2.57 bits per heavy atom. The molecule has 2 atom stereocenters. The molecule has 2 saturated heterocycles. The van der Waals surface area contributed by atoms with Crippen LogP contribution >= 0.6 is 12.4 Å². The minimum atomic E-state index is -0.186. The second-order valence-corrected chi connectivity index (χ2v) is 6.34. The van der Waals surface area contributed by atoms with Gasteiger partial charge in [0.2, 0.25) is 5.91 Å². The van der Waals surface area contributed by atoms with Crippen molar-refractivity contribution in [1.29, 1.82) is 0 Å². The lowest BCUT2D eigenvalue weighted by Gasteiger charge is -2.39. The van der Waals surface area contributed by atoms with Crippen molar-refractivity contribution in [3.05, 3.63) is 30.1 Å². The van der Waals surface area contributed by atoms with E-state index < -0.39 is 0 Å². The summed E-state index contributed by atoms with van der Waals surface area (Å²) >= 11 is 0. The Kier molecular flexibility index (Phi) is 6.25. The number of piperidine rings is 1. The van der Waals surface area contributed by atoms with Crippen molar-refractivity contribution in [3.63, 3.8) is 0 Å². The van der Waals surface area contributed by atoms with Gasteiger partial charge in [0, 0.05) is 38.1 Å². The maximum Gasteiger partial charge on any atom is 0.225 e. The molecule has 23 heavy (non-hydrogen) atoms. The summed E-state index contributed by atoms with van der Waals surface area (Å²) in [6.07, 6.45) is 1.85. The number of para-hydroxylation sites is 1. The Morgan fingerprint density at radius 1 is 1.22 bits per heavy atom. The van der Waals surface area contributed by atoms with Crippen LogP contribution in [0, 0.1) is 11.7 Å². The first-order chi connectivity index (χ1) is 10.6. The van der Waals surface area contributed by atoms with E-state index in [1.165, 1.54) is 6.07 Å². The van der Waals surface area contributed by atoms with E-state index in [1.807, 2.05) is 15.9 Å². The van der Waals surface area contributed by atoms with E-state index in [1.54, 1.807) is 12.1 Å². The summed E-state index contributed by atoms with van der Waals surface area (Å²) in [6.45, 7) is 5.83. The van der Waals surface area contributed by atoms with E-state index in [4.69, 9.17) is 0 Å². The van der Waals surface area contributed by atoms with Crippen molar-refractivity contribution in [2.24, 2.45) is 5.92 Å². The Labute approximate surface area is 143 Å². The van der Waals surface area contributed by atoms with Crippen molar-refractivity contribution in [1.82, 2.24) is 10.2 Å². The first-order valence-corrected chi connectivity index (χ1v) is 8.17. The summed E-state index contributed by atoms with van der Waals surface area (Å²) in [7, 11) is 0. The average molecular weight is 342 g/mol. The minimum Gasteiger partial charge on any atom is -0.366 e. The molecule has 128 valence electrons. The van der Waals surface area contributed by atoms with Crippen molar-refractivity contribution < 1.29 is 9.18 Å². The molecule has 0 saturated carbocycles. The van der Waals surface area contributed by atoms with Gasteiger partial charge in [-0.3, -0.25) is 4.79 Å². The summed E-state index contributed by atoms with van der Waals surface area (Å²) in [5.74, 6) is 0.243. The Bertz CT molecular complexity index is 534. The lowest BCUT2D eigenvalue weighted by atomic mass is 9.92. The number of halogens is 2. The zero-order valence-corrected chi connectivity index (χ0v) is 14.3. The largest absolute Gasteiger partial charge is 0.366 e. The average Bonchev–Trinajstić information content (AvgIpc) is 2.55. The van der Waals surface area contributed by atoms with Gasteiger partial charge >= 0.3 is 0 Å². The van der Waals surface area contributed by atoms with E-state index in [-0.39, 0.29) is 30.0 Å². The molecule has 0 aromatic heterocycles. The molecular formula is C17H25ClFN3O. The number of rotatable bonds is 2. The molecule has 0 bridgehead atoms. The van der Waals surface area contributed by atoms with Crippen LogP contribution in [-0.2, 0) is 4.79 Å². The van der Waals surface area contributed by atoms with Gasteiger partial charge in [0.25, 0.3) is 0 Å². The molecule has 1 amide bonds. The molecule has 0 aliphatic carbocycles. The number of carbonyl (C=O) groups is 1. The fraction of sp³-hybridized carbons (Fsp3) is 0.588. The smallest absolute Gasteiger partial charge is 0.225 e. The second-order valence-electron chi connectivity index (χ2n) is 6.34. The molecule has 2 fully saturated rings. The molecule has 0 spiro atoms. The molecule has 1 aromatic carbocycles.